The summed E-state index contributed by atoms with van der Waals surface area (Å²) in [5, 5.41) is 18.8. The van der Waals surface area contributed by atoms with Crippen LogP contribution in [0.5, 0.6) is 17.2 Å². The first-order chi connectivity index (χ1) is 6.65. The number of benzene rings is 1. The maximum Gasteiger partial charge on any atom is 0.203 e. The van der Waals surface area contributed by atoms with Crippen molar-refractivity contribution in [2.45, 2.75) is 6.61 Å². The van der Waals surface area contributed by atoms with Crippen LogP contribution in [-0.2, 0) is 6.61 Å². The number of methoxy groups -OCH3 is 2. The van der Waals surface area contributed by atoms with Gasteiger partial charge in [-0.25, -0.2) is 0 Å². The van der Waals surface area contributed by atoms with Gasteiger partial charge in [0.05, 0.1) is 25.8 Å². The van der Waals surface area contributed by atoms with Gasteiger partial charge in [0.15, 0.2) is 11.5 Å². The third kappa shape index (κ3) is 1.71. The largest absolute Gasteiger partial charge is 0.504 e. The van der Waals surface area contributed by atoms with Gasteiger partial charge in [-0.1, -0.05) is 11.6 Å². The number of aromatic hydroxyl groups is 1. The number of halogens is 1. The monoisotopic (exact) mass is 218 g/mol. The molecule has 2 N–H and O–H groups in total. The standard InChI is InChI=1S/C9H11ClO4/c1-13-7-3-6(10)5(4-11)8(12)9(7)14-2/h3,11-12H,4H2,1-2H3. The lowest BCUT2D eigenvalue weighted by Crippen LogP contribution is -1.95. The normalized spacial score (nSPS) is 10.0. The van der Waals surface area contributed by atoms with Gasteiger partial charge in [0.25, 0.3) is 0 Å². The lowest BCUT2D eigenvalue weighted by molar-refractivity contribution is 0.270. The second kappa shape index (κ2) is 4.39. The zero-order valence-corrected chi connectivity index (χ0v) is 8.63. The third-order valence-electron chi connectivity index (χ3n) is 1.85. The molecule has 5 heteroatoms. The smallest absolute Gasteiger partial charge is 0.203 e. The Morgan fingerprint density at radius 1 is 1.36 bits per heavy atom. The van der Waals surface area contributed by atoms with Crippen LogP contribution in [0.3, 0.4) is 0 Å². The quantitative estimate of drug-likeness (QED) is 0.808. The Hall–Kier alpha value is -1.13. The molecule has 78 valence electrons. The number of aliphatic hydroxyl groups is 1. The van der Waals surface area contributed by atoms with E-state index in [9.17, 15) is 5.11 Å². The number of ether oxygens (including phenoxy) is 2. The van der Waals surface area contributed by atoms with Gasteiger partial charge in [0.1, 0.15) is 0 Å². The number of phenols is 1. The van der Waals surface area contributed by atoms with Gasteiger partial charge < -0.3 is 19.7 Å². The van der Waals surface area contributed by atoms with E-state index in [1.54, 1.807) is 0 Å². The van der Waals surface area contributed by atoms with Crippen molar-refractivity contribution in [2.75, 3.05) is 14.2 Å². The van der Waals surface area contributed by atoms with Gasteiger partial charge in [-0.2, -0.15) is 0 Å². The molecule has 0 saturated carbocycles. The van der Waals surface area contributed by atoms with Gasteiger partial charge in [-0.15, -0.1) is 0 Å². The lowest BCUT2D eigenvalue weighted by atomic mass is 10.2. The fourth-order valence-electron chi connectivity index (χ4n) is 1.13. The first-order valence-electron chi connectivity index (χ1n) is 3.88. The molecule has 0 amide bonds. The van der Waals surface area contributed by atoms with Crippen LogP contribution in [-0.4, -0.2) is 24.4 Å². The molecule has 0 heterocycles. The predicted octanol–water partition coefficient (Wildman–Crippen LogP) is 1.56. The van der Waals surface area contributed by atoms with Crippen molar-refractivity contribution in [3.8, 4) is 17.2 Å². The van der Waals surface area contributed by atoms with Crippen molar-refractivity contribution >= 4 is 11.6 Å². The Labute approximate surface area is 86.6 Å². The van der Waals surface area contributed by atoms with E-state index >= 15 is 0 Å². The number of hydrogen-bond acceptors (Lipinski definition) is 4. The second-order valence-electron chi connectivity index (χ2n) is 2.58. The highest BCUT2D eigenvalue weighted by molar-refractivity contribution is 6.31. The molecule has 14 heavy (non-hydrogen) atoms. The molecule has 1 rings (SSSR count). The lowest BCUT2D eigenvalue weighted by Gasteiger charge is -2.12. The second-order valence-corrected chi connectivity index (χ2v) is 2.99. The van der Waals surface area contributed by atoms with E-state index in [-0.39, 0.29) is 28.7 Å². The van der Waals surface area contributed by atoms with E-state index in [4.69, 9.17) is 26.2 Å². The Bertz CT molecular complexity index is 338. The molecule has 1 aromatic carbocycles. The molecule has 0 saturated heterocycles. The molecule has 0 aliphatic heterocycles. The van der Waals surface area contributed by atoms with Gasteiger partial charge in [-0.05, 0) is 0 Å². The Morgan fingerprint density at radius 2 is 2.00 bits per heavy atom. The van der Waals surface area contributed by atoms with Crippen molar-refractivity contribution in [2.24, 2.45) is 0 Å². The molecular formula is C9H11ClO4. The molecule has 0 bridgehead atoms. The van der Waals surface area contributed by atoms with Crippen LogP contribution < -0.4 is 9.47 Å². The highest BCUT2D eigenvalue weighted by atomic mass is 35.5. The average molecular weight is 219 g/mol. The number of rotatable bonds is 3. The maximum atomic E-state index is 9.63. The molecular weight excluding hydrogens is 208 g/mol. The van der Waals surface area contributed by atoms with E-state index < -0.39 is 0 Å². The molecule has 0 aliphatic rings. The summed E-state index contributed by atoms with van der Waals surface area (Å²) < 4.78 is 9.87. The number of hydrogen-bond donors (Lipinski definition) is 2. The zero-order chi connectivity index (χ0) is 10.7. The van der Waals surface area contributed by atoms with Crippen LogP contribution in [0.4, 0.5) is 0 Å². The van der Waals surface area contributed by atoms with Crippen LogP contribution in [0.15, 0.2) is 6.07 Å². The summed E-state index contributed by atoms with van der Waals surface area (Å²) in [5.74, 6) is 0.299. The molecule has 1 aromatic rings. The fraction of sp³-hybridized carbons (Fsp3) is 0.333. The van der Waals surface area contributed by atoms with Gasteiger partial charge >= 0.3 is 0 Å². The maximum absolute atomic E-state index is 9.63. The molecule has 0 spiro atoms. The molecule has 4 nitrogen and oxygen atoms in total. The van der Waals surface area contributed by atoms with Crippen molar-refractivity contribution < 1.29 is 19.7 Å². The molecule has 0 aromatic heterocycles. The van der Waals surface area contributed by atoms with E-state index in [2.05, 4.69) is 0 Å². The van der Waals surface area contributed by atoms with Crippen LogP contribution in [0.1, 0.15) is 5.56 Å². The highest BCUT2D eigenvalue weighted by Crippen LogP contribution is 2.42. The highest BCUT2D eigenvalue weighted by Gasteiger charge is 2.17. The first kappa shape index (κ1) is 10.9. The Morgan fingerprint density at radius 3 is 2.43 bits per heavy atom. The van der Waals surface area contributed by atoms with Gasteiger partial charge in [0.2, 0.25) is 5.75 Å². The minimum atomic E-state index is -0.356. The van der Waals surface area contributed by atoms with E-state index in [0.717, 1.165) is 0 Å². The summed E-state index contributed by atoms with van der Waals surface area (Å²) in [6.07, 6.45) is 0. The van der Waals surface area contributed by atoms with Crippen molar-refractivity contribution in [1.29, 1.82) is 0 Å². The Kier molecular flexibility index (Phi) is 3.43. The predicted molar refractivity (Wildman–Crippen MR) is 52.1 cm³/mol. The first-order valence-corrected chi connectivity index (χ1v) is 4.26. The van der Waals surface area contributed by atoms with Crippen LogP contribution >= 0.6 is 11.6 Å². The van der Waals surface area contributed by atoms with Crippen molar-refractivity contribution in [1.82, 2.24) is 0 Å². The zero-order valence-electron chi connectivity index (χ0n) is 7.87. The van der Waals surface area contributed by atoms with Crippen LogP contribution in [0.25, 0.3) is 0 Å². The summed E-state index contributed by atoms with van der Waals surface area (Å²) in [7, 11) is 2.83. The summed E-state index contributed by atoms with van der Waals surface area (Å²) in [5.41, 5.74) is 0.226. The summed E-state index contributed by atoms with van der Waals surface area (Å²) in [4.78, 5) is 0. The minimum Gasteiger partial charge on any atom is -0.504 e. The topological polar surface area (TPSA) is 58.9 Å². The van der Waals surface area contributed by atoms with E-state index in [1.165, 1.54) is 20.3 Å². The minimum absolute atomic E-state index is 0.168. The van der Waals surface area contributed by atoms with Crippen LogP contribution in [0.2, 0.25) is 5.02 Å². The SMILES string of the molecule is COc1cc(Cl)c(CO)c(O)c1OC. The third-order valence-corrected chi connectivity index (χ3v) is 2.19. The Balaban J connectivity index is 3.39. The van der Waals surface area contributed by atoms with Gasteiger partial charge in [-0.3, -0.25) is 0 Å². The molecule has 0 atom stereocenters. The number of aliphatic hydroxyl groups excluding tert-OH is 1. The summed E-state index contributed by atoms with van der Waals surface area (Å²) in [6, 6.07) is 1.48. The average Bonchev–Trinajstić information content (AvgIpc) is 2.17. The summed E-state index contributed by atoms with van der Waals surface area (Å²) in [6.45, 7) is -0.356. The molecule has 0 radical (unpaired) electrons. The van der Waals surface area contributed by atoms with E-state index in [1.807, 2.05) is 0 Å². The van der Waals surface area contributed by atoms with Gasteiger partial charge in [0, 0.05) is 11.6 Å². The van der Waals surface area contributed by atoms with Crippen molar-refractivity contribution in [3.05, 3.63) is 16.7 Å². The molecule has 0 unspecified atom stereocenters. The molecule has 0 aliphatic carbocycles. The van der Waals surface area contributed by atoms with E-state index in [0.29, 0.717) is 5.75 Å². The molecule has 0 fully saturated rings. The van der Waals surface area contributed by atoms with Crippen molar-refractivity contribution in [3.63, 3.8) is 0 Å². The summed E-state index contributed by atoms with van der Waals surface area (Å²) >= 11 is 5.79. The fourth-order valence-corrected chi connectivity index (χ4v) is 1.38. The van der Waals surface area contributed by atoms with Crippen LogP contribution in [0, 0.1) is 0 Å².